The average molecular weight is 380 g/mol. The lowest BCUT2D eigenvalue weighted by atomic mass is 9.84. The first-order chi connectivity index (χ1) is 13.6. The summed E-state index contributed by atoms with van der Waals surface area (Å²) in [5.41, 5.74) is 9.18. The molecule has 144 valence electrons. The standard InChI is InChI=1S/C20H21FN6O/c1-12-8-22-19-14(9-23-27(19)10-12)20(28)26-7-6-17-15(11-26)18(25-24-17)13-4-2-3-5-16(13)21/h2-5,8-10,15,17-18,24-25H,6-7,11H2,1H3. The van der Waals surface area contributed by atoms with Gasteiger partial charge in [-0.2, -0.15) is 5.10 Å². The minimum absolute atomic E-state index is 0.0796. The number of carbonyl (C=O) groups excluding carboxylic acids is 1. The van der Waals surface area contributed by atoms with Crippen LogP contribution < -0.4 is 10.9 Å². The number of fused-ring (bicyclic) bond motifs is 2. The Labute approximate surface area is 161 Å². The highest BCUT2D eigenvalue weighted by Crippen LogP contribution is 2.35. The predicted molar refractivity (Wildman–Crippen MR) is 101 cm³/mol. The first kappa shape index (κ1) is 17.3. The molecule has 2 aliphatic heterocycles. The third-order valence-electron chi connectivity index (χ3n) is 5.75. The van der Waals surface area contributed by atoms with Crippen LogP contribution in [0, 0.1) is 18.7 Å². The number of hydrazine groups is 1. The third kappa shape index (κ3) is 2.76. The van der Waals surface area contributed by atoms with Gasteiger partial charge in [0.05, 0.1) is 12.2 Å². The molecule has 0 aliphatic carbocycles. The van der Waals surface area contributed by atoms with Gasteiger partial charge < -0.3 is 4.90 Å². The van der Waals surface area contributed by atoms with E-state index in [1.54, 1.807) is 29.0 Å². The van der Waals surface area contributed by atoms with Crippen LogP contribution in [-0.4, -0.2) is 44.5 Å². The number of aryl methyl sites for hydroxylation is 1. The Balaban J connectivity index is 1.41. The van der Waals surface area contributed by atoms with Crippen LogP contribution in [-0.2, 0) is 0 Å². The van der Waals surface area contributed by atoms with Crippen molar-refractivity contribution in [3.63, 3.8) is 0 Å². The van der Waals surface area contributed by atoms with Crippen LogP contribution in [0.2, 0.25) is 0 Å². The van der Waals surface area contributed by atoms with E-state index in [0.717, 1.165) is 12.0 Å². The highest BCUT2D eigenvalue weighted by atomic mass is 19.1. The molecule has 3 aromatic rings. The molecule has 8 heteroatoms. The van der Waals surface area contributed by atoms with Gasteiger partial charge in [0.15, 0.2) is 5.65 Å². The maximum absolute atomic E-state index is 14.3. The predicted octanol–water partition coefficient (Wildman–Crippen LogP) is 1.86. The van der Waals surface area contributed by atoms with E-state index in [4.69, 9.17) is 0 Å². The first-order valence-electron chi connectivity index (χ1n) is 9.46. The molecule has 0 bridgehead atoms. The first-order valence-corrected chi connectivity index (χ1v) is 9.46. The van der Waals surface area contributed by atoms with Gasteiger partial charge in [-0.15, -0.1) is 0 Å². The van der Waals surface area contributed by atoms with E-state index in [1.165, 1.54) is 6.07 Å². The second-order valence-electron chi connectivity index (χ2n) is 7.56. The van der Waals surface area contributed by atoms with E-state index in [1.807, 2.05) is 24.1 Å². The molecule has 4 heterocycles. The van der Waals surface area contributed by atoms with Gasteiger partial charge in [-0.05, 0) is 25.0 Å². The number of carbonyl (C=O) groups is 1. The van der Waals surface area contributed by atoms with Crippen LogP contribution >= 0.6 is 0 Å². The van der Waals surface area contributed by atoms with Crippen molar-refractivity contribution >= 4 is 11.6 Å². The minimum atomic E-state index is -0.229. The lowest BCUT2D eigenvalue weighted by Gasteiger charge is -2.36. The van der Waals surface area contributed by atoms with Crippen molar-refractivity contribution in [1.29, 1.82) is 0 Å². The smallest absolute Gasteiger partial charge is 0.259 e. The van der Waals surface area contributed by atoms with Crippen molar-refractivity contribution in [1.82, 2.24) is 30.3 Å². The molecule has 2 aliphatic rings. The van der Waals surface area contributed by atoms with Crippen LogP contribution in [0.1, 0.15) is 33.9 Å². The second-order valence-corrected chi connectivity index (χ2v) is 7.56. The molecule has 0 spiro atoms. The molecule has 2 fully saturated rings. The summed E-state index contributed by atoms with van der Waals surface area (Å²) in [6.45, 7) is 3.12. The van der Waals surface area contributed by atoms with Crippen LogP contribution in [0.25, 0.3) is 5.65 Å². The summed E-state index contributed by atoms with van der Waals surface area (Å²) in [6, 6.07) is 6.84. The summed E-state index contributed by atoms with van der Waals surface area (Å²) in [4.78, 5) is 19.4. The number of amides is 1. The normalized spacial score (nSPS) is 24.5. The zero-order chi connectivity index (χ0) is 19.3. The molecule has 5 rings (SSSR count). The number of likely N-dealkylation sites (tertiary alicyclic amines) is 1. The Morgan fingerprint density at radius 1 is 1.25 bits per heavy atom. The van der Waals surface area contributed by atoms with Crippen molar-refractivity contribution in [3.05, 3.63) is 65.4 Å². The average Bonchev–Trinajstić information content (AvgIpc) is 3.31. The van der Waals surface area contributed by atoms with E-state index in [-0.39, 0.29) is 29.7 Å². The second kappa shape index (κ2) is 6.65. The van der Waals surface area contributed by atoms with E-state index >= 15 is 0 Å². The zero-order valence-corrected chi connectivity index (χ0v) is 15.5. The Morgan fingerprint density at radius 3 is 2.96 bits per heavy atom. The third-order valence-corrected chi connectivity index (χ3v) is 5.75. The van der Waals surface area contributed by atoms with Crippen molar-refractivity contribution in [2.24, 2.45) is 5.92 Å². The monoisotopic (exact) mass is 380 g/mol. The minimum Gasteiger partial charge on any atom is -0.338 e. The van der Waals surface area contributed by atoms with Gasteiger partial charge in [-0.25, -0.2) is 19.3 Å². The number of nitrogens with one attached hydrogen (secondary N) is 2. The molecule has 0 radical (unpaired) electrons. The lowest BCUT2D eigenvalue weighted by Crippen LogP contribution is -2.47. The fraction of sp³-hybridized carbons (Fsp3) is 0.350. The molecule has 28 heavy (non-hydrogen) atoms. The van der Waals surface area contributed by atoms with Crippen LogP contribution in [0.3, 0.4) is 0 Å². The molecule has 1 aromatic carbocycles. The quantitative estimate of drug-likeness (QED) is 0.710. The summed E-state index contributed by atoms with van der Waals surface area (Å²) >= 11 is 0. The topological polar surface area (TPSA) is 74.6 Å². The van der Waals surface area contributed by atoms with Crippen LogP contribution in [0.5, 0.6) is 0 Å². The Kier molecular flexibility index (Phi) is 4.10. The van der Waals surface area contributed by atoms with Gasteiger partial charge in [0.1, 0.15) is 11.4 Å². The molecule has 2 saturated heterocycles. The number of benzene rings is 1. The van der Waals surface area contributed by atoms with Gasteiger partial charge in [0.2, 0.25) is 0 Å². The number of piperidine rings is 1. The summed E-state index contributed by atoms with van der Waals surface area (Å²) in [6.07, 6.45) is 5.97. The number of nitrogens with zero attached hydrogens (tertiary/aromatic N) is 4. The maximum Gasteiger partial charge on any atom is 0.259 e. The zero-order valence-electron chi connectivity index (χ0n) is 15.5. The maximum atomic E-state index is 14.3. The summed E-state index contributed by atoms with van der Waals surface area (Å²) in [5, 5.41) is 4.27. The fourth-order valence-electron chi connectivity index (χ4n) is 4.31. The summed E-state index contributed by atoms with van der Waals surface area (Å²) in [7, 11) is 0. The Bertz CT molecular complexity index is 1050. The summed E-state index contributed by atoms with van der Waals surface area (Å²) < 4.78 is 16.0. The highest BCUT2D eigenvalue weighted by molar-refractivity contribution is 5.99. The van der Waals surface area contributed by atoms with Crippen molar-refractivity contribution in [3.8, 4) is 0 Å². The fourth-order valence-corrected chi connectivity index (χ4v) is 4.31. The van der Waals surface area contributed by atoms with Gasteiger partial charge in [-0.1, -0.05) is 18.2 Å². The molecule has 2 N–H and O–H groups in total. The molecule has 0 saturated carbocycles. The Morgan fingerprint density at radius 2 is 2.11 bits per heavy atom. The highest BCUT2D eigenvalue weighted by Gasteiger charge is 2.42. The molecule has 2 aromatic heterocycles. The van der Waals surface area contributed by atoms with E-state index in [9.17, 15) is 9.18 Å². The van der Waals surface area contributed by atoms with Crippen molar-refractivity contribution in [2.75, 3.05) is 13.1 Å². The van der Waals surface area contributed by atoms with E-state index in [0.29, 0.717) is 29.9 Å². The van der Waals surface area contributed by atoms with Crippen molar-refractivity contribution in [2.45, 2.75) is 25.4 Å². The number of hydrogen-bond donors (Lipinski definition) is 2. The van der Waals surface area contributed by atoms with Gasteiger partial charge in [-0.3, -0.25) is 10.2 Å². The van der Waals surface area contributed by atoms with Crippen LogP contribution in [0.4, 0.5) is 4.39 Å². The summed E-state index contributed by atoms with van der Waals surface area (Å²) in [5.74, 6) is -0.219. The SMILES string of the molecule is Cc1cnc2c(C(=O)N3CCC4NNC(c5ccccc5F)C4C3)cnn2c1. The van der Waals surface area contributed by atoms with Gasteiger partial charge in [0, 0.05) is 43.0 Å². The van der Waals surface area contributed by atoms with Gasteiger partial charge in [0.25, 0.3) is 5.91 Å². The number of halogens is 1. The molecule has 3 atom stereocenters. The van der Waals surface area contributed by atoms with E-state index < -0.39 is 0 Å². The Hall–Kier alpha value is -2.84. The molecular weight excluding hydrogens is 359 g/mol. The van der Waals surface area contributed by atoms with E-state index in [2.05, 4.69) is 20.9 Å². The van der Waals surface area contributed by atoms with Crippen LogP contribution in [0.15, 0.2) is 42.9 Å². The number of aromatic nitrogens is 3. The molecule has 7 nitrogen and oxygen atoms in total. The lowest BCUT2D eigenvalue weighted by molar-refractivity contribution is 0.0653. The largest absolute Gasteiger partial charge is 0.338 e. The molecule has 1 amide bonds. The molecule has 3 unspecified atom stereocenters. The number of hydrogen-bond acceptors (Lipinski definition) is 5. The number of rotatable bonds is 2. The van der Waals surface area contributed by atoms with Crippen molar-refractivity contribution < 1.29 is 9.18 Å². The molecular formula is C20H21FN6O. The van der Waals surface area contributed by atoms with Gasteiger partial charge >= 0.3 is 0 Å².